The van der Waals surface area contributed by atoms with Crippen molar-refractivity contribution in [3.63, 3.8) is 0 Å². The number of nitrogens with one attached hydrogen (secondary N) is 1. The van der Waals surface area contributed by atoms with E-state index in [9.17, 15) is 4.79 Å². The Morgan fingerprint density at radius 3 is 1.37 bits per heavy atom. The van der Waals surface area contributed by atoms with E-state index in [1.54, 1.807) is 45.8 Å². The molecule has 416 valence electrons. The molecule has 0 spiro atoms. The number of benzene rings is 3. The predicted octanol–water partition coefficient (Wildman–Crippen LogP) is 7.79. The summed E-state index contributed by atoms with van der Waals surface area (Å²) in [4.78, 5) is 12.7. The monoisotopic (exact) mass is 1200 g/mol. The van der Waals surface area contributed by atoms with Crippen LogP contribution in [0.15, 0.2) is 72.8 Å². The summed E-state index contributed by atoms with van der Waals surface area (Å²) in [6.07, 6.45) is 9.65. The number of amides is 1. The molecule has 0 radical (unpaired) electrons. The van der Waals surface area contributed by atoms with Gasteiger partial charge in [-0.2, -0.15) is 0 Å². The molecule has 75 heavy (non-hydrogen) atoms. The van der Waals surface area contributed by atoms with Gasteiger partial charge in [-0.05, 0) is 65.6 Å². The average Bonchev–Trinajstić information content (AvgIpc) is 3.30. The van der Waals surface area contributed by atoms with Gasteiger partial charge in [0.2, 0.25) is 0 Å². The van der Waals surface area contributed by atoms with Crippen molar-refractivity contribution in [1.82, 2.24) is 5.32 Å². The van der Waals surface area contributed by atoms with Crippen LogP contribution in [0.4, 0.5) is 4.79 Å². The van der Waals surface area contributed by atoms with E-state index >= 15 is 0 Å². The Hall–Kier alpha value is -2.32. The number of carbonyl (C=O) groups is 1. The van der Waals surface area contributed by atoms with Gasteiger partial charge in [0.1, 0.15) is 37.1 Å². The van der Waals surface area contributed by atoms with Crippen LogP contribution < -0.4 is 19.5 Å². The Bertz CT molecular complexity index is 2220. The maximum Gasteiger partial charge on any atom is 0.646 e. The number of alkyl carbamates (subject to hydrolysis) is 1. The van der Waals surface area contributed by atoms with E-state index in [4.69, 9.17) is 81.9 Å². The third-order valence-electron chi connectivity index (χ3n) is 12.1. The lowest BCUT2D eigenvalue weighted by Gasteiger charge is -2.60. The van der Waals surface area contributed by atoms with E-state index < -0.39 is 86.5 Å². The molecule has 1 amide bonds. The number of carbonyl (C=O) groups excluding carboxylic acids is 1. The minimum absolute atomic E-state index is 0.0665. The van der Waals surface area contributed by atoms with Crippen molar-refractivity contribution in [1.29, 1.82) is 0 Å². The van der Waals surface area contributed by atoms with Gasteiger partial charge in [0.05, 0.1) is 33.0 Å². The lowest BCUT2D eigenvalue weighted by molar-refractivity contribution is -0.0363. The largest absolute Gasteiger partial charge is 0.646 e. The van der Waals surface area contributed by atoms with Crippen LogP contribution in [0.5, 0.6) is 17.2 Å². The zero-order chi connectivity index (χ0) is 53.1. The molecular weight excluding hydrogens is 1130 g/mol. The molecular formula is C45H75NO20Si9. The van der Waals surface area contributed by atoms with Crippen LogP contribution in [0.1, 0.15) is 63.9 Å². The van der Waals surface area contributed by atoms with Gasteiger partial charge in [-0.25, -0.2) is 4.79 Å². The first kappa shape index (κ1) is 58.8. The fraction of sp³-hybridized carbons (Fsp3) is 0.578. The molecule has 8 bridgehead atoms. The summed E-state index contributed by atoms with van der Waals surface area (Å²) in [6.45, 7) is 17.7. The highest BCUT2D eigenvalue weighted by Crippen LogP contribution is 2.48. The van der Waals surface area contributed by atoms with Crippen LogP contribution in [0.25, 0.3) is 11.1 Å². The fourth-order valence-corrected chi connectivity index (χ4v) is 56.3. The zero-order valence-corrected chi connectivity index (χ0v) is 53.9. The second-order valence-electron chi connectivity index (χ2n) is 19.4. The number of hydrogen-bond donors (Lipinski definition) is 1. The maximum absolute atomic E-state index is 12.7. The molecule has 9 rings (SSSR count). The van der Waals surface area contributed by atoms with Gasteiger partial charge >= 0.3 is 76.8 Å². The average molecular weight is 1200 g/mol. The standard InChI is InChI=1S/C45H75NO20Si9/c1-9-10-11-12-13-14-15-16-28-50-43-21-17-19-40(36-43)41-20-18-22-44(37-41)52-34-32-49-30-29-48-31-33-51-42-25-23-39(24-26-42)38-53-45(47)46-27-35-67-54-75-64-72(6)58-69(3)55-68(2)56-70(4,60-72)62-74(8,66-75)63-71(5,57-68)61-73(7,59-69)65-75/h17-26,36-37H,9-16,27-35,38,67H2,1-8H3,(H,46,47). The number of hydrogen-bond acceptors (Lipinski definition) is 20. The van der Waals surface area contributed by atoms with Crippen LogP contribution in [0, 0.1) is 0 Å². The summed E-state index contributed by atoms with van der Waals surface area (Å²) in [5, 5.41) is 2.78. The summed E-state index contributed by atoms with van der Waals surface area (Å²) in [7, 11) is -31.6. The van der Waals surface area contributed by atoms with Crippen molar-refractivity contribution in [2.45, 2.75) is 117 Å². The van der Waals surface area contributed by atoms with Crippen LogP contribution >= 0.6 is 0 Å². The highest BCUT2D eigenvalue weighted by atomic mass is 28.6. The molecule has 0 atom stereocenters. The van der Waals surface area contributed by atoms with E-state index in [0.717, 1.165) is 41.2 Å². The summed E-state index contributed by atoms with van der Waals surface area (Å²) >= 11 is 0. The lowest BCUT2D eigenvalue weighted by Crippen LogP contribution is -2.86. The van der Waals surface area contributed by atoms with E-state index in [-0.39, 0.29) is 13.2 Å². The first-order chi connectivity index (χ1) is 35.8. The molecule has 3 aromatic rings. The third-order valence-corrected chi connectivity index (χ3v) is 49.1. The quantitative estimate of drug-likeness (QED) is 0.0520. The Kier molecular flexibility index (Phi) is 20.3. The SMILES string of the molecule is CCCCCCCCCCOc1cccc(-c2cccc(OCCOCCOCCOc3ccc(COC(=O)NCC[SiH2]O[Si]45O[Si]6(C)O[Si]7(C)O[Si]8(C)O[Si](C)(O6)O[Si](C)(O[Si](C)(O8)O[Si](C)(O7)O4)O5)cc3)c2)c1. The smallest absolute Gasteiger partial charge is 0.494 e. The summed E-state index contributed by atoms with van der Waals surface area (Å²) in [5.41, 5.74) is 2.95. The van der Waals surface area contributed by atoms with Gasteiger partial charge in [0.25, 0.3) is 0 Å². The van der Waals surface area contributed by atoms with E-state index in [1.807, 2.05) is 54.6 Å². The van der Waals surface area contributed by atoms with Gasteiger partial charge in [-0.1, -0.05) is 88.3 Å². The first-order valence-corrected chi connectivity index (χ1v) is 44.9. The summed E-state index contributed by atoms with van der Waals surface area (Å²) < 4.78 is 121. The molecule has 6 fully saturated rings. The van der Waals surface area contributed by atoms with Crippen molar-refractivity contribution in [2.75, 3.05) is 52.8 Å². The predicted molar refractivity (Wildman–Crippen MR) is 292 cm³/mol. The highest BCUT2D eigenvalue weighted by Gasteiger charge is 2.80. The van der Waals surface area contributed by atoms with Crippen molar-refractivity contribution < 1.29 is 86.7 Å². The van der Waals surface area contributed by atoms with Crippen LogP contribution in [-0.4, -0.2) is 139 Å². The topological polar surface area (TPSA) is 204 Å². The molecule has 0 saturated carbocycles. The fourth-order valence-electron chi connectivity index (χ4n) is 9.36. The third kappa shape index (κ3) is 17.3. The molecule has 0 unspecified atom stereocenters. The molecule has 6 saturated heterocycles. The molecule has 21 nitrogen and oxygen atoms in total. The van der Waals surface area contributed by atoms with Crippen molar-refractivity contribution in [3.8, 4) is 28.4 Å². The lowest BCUT2D eigenvalue weighted by atomic mass is 10.1. The van der Waals surface area contributed by atoms with Gasteiger partial charge < -0.3 is 87.2 Å². The Labute approximate surface area is 452 Å². The highest BCUT2D eigenvalue weighted by molar-refractivity contribution is 7.02. The van der Waals surface area contributed by atoms with Crippen LogP contribution in [0.2, 0.25) is 51.9 Å². The number of ether oxygens (including phenoxy) is 6. The second-order valence-corrected chi connectivity index (χ2v) is 44.6. The summed E-state index contributed by atoms with van der Waals surface area (Å²) in [6, 6.07) is 24.1. The van der Waals surface area contributed by atoms with Crippen molar-refractivity contribution in [3.05, 3.63) is 78.4 Å². The van der Waals surface area contributed by atoms with Crippen LogP contribution in [-0.2, 0) is 74.3 Å². The minimum atomic E-state index is -4.24. The van der Waals surface area contributed by atoms with E-state index in [2.05, 4.69) is 30.4 Å². The van der Waals surface area contributed by atoms with Crippen molar-refractivity contribution in [2.24, 2.45) is 0 Å². The van der Waals surface area contributed by atoms with Gasteiger partial charge in [0.15, 0.2) is 9.76 Å². The second kappa shape index (κ2) is 25.9. The minimum Gasteiger partial charge on any atom is -0.494 e. The molecule has 6 aliphatic rings. The molecule has 30 heteroatoms. The molecule has 6 heterocycles. The van der Waals surface area contributed by atoms with Crippen LogP contribution in [0.3, 0.4) is 0 Å². The Balaban J connectivity index is 0.674. The summed E-state index contributed by atoms with van der Waals surface area (Å²) in [5.74, 6) is 2.34. The van der Waals surface area contributed by atoms with Gasteiger partial charge in [-0.3, -0.25) is 0 Å². The molecule has 1 N–H and O–H groups in total. The molecule has 6 aliphatic heterocycles. The van der Waals surface area contributed by atoms with Gasteiger partial charge in [-0.15, -0.1) is 0 Å². The molecule has 0 aromatic heterocycles. The van der Waals surface area contributed by atoms with E-state index in [0.29, 0.717) is 51.4 Å². The number of unbranched alkanes of at least 4 members (excludes halogenated alkanes) is 7. The maximum atomic E-state index is 12.7. The molecule has 3 aromatic carbocycles. The number of rotatable bonds is 29. The zero-order valence-electron chi connectivity index (χ0n) is 44.5. The van der Waals surface area contributed by atoms with E-state index in [1.165, 1.54) is 44.9 Å². The Morgan fingerprint density at radius 1 is 0.480 bits per heavy atom. The van der Waals surface area contributed by atoms with Crippen molar-refractivity contribution >= 4 is 86.5 Å². The van der Waals surface area contributed by atoms with Gasteiger partial charge in [0, 0.05) is 52.4 Å². The Morgan fingerprint density at radius 2 is 0.893 bits per heavy atom. The normalized spacial score (nSPS) is 31.8. The molecule has 0 aliphatic carbocycles. The first-order valence-electron chi connectivity index (χ1n) is 26.1.